The van der Waals surface area contributed by atoms with E-state index in [4.69, 9.17) is 23.2 Å². The fourth-order valence-corrected chi connectivity index (χ4v) is 1.47. The summed E-state index contributed by atoms with van der Waals surface area (Å²) in [6.45, 7) is 1.72. The summed E-state index contributed by atoms with van der Waals surface area (Å²) in [5, 5.41) is 4.46. The molecule has 5 nitrogen and oxygen atoms in total. The molecule has 0 fully saturated rings. The SMILES string of the molecule is CCOC(=O)C(=O)N/N=C/c1ccc(Cl)cc1Cl. The van der Waals surface area contributed by atoms with Gasteiger partial charge in [-0.25, -0.2) is 10.2 Å². The third-order valence-electron chi connectivity index (χ3n) is 1.79. The molecular weight excluding hydrogens is 279 g/mol. The lowest BCUT2D eigenvalue weighted by Gasteiger charge is -2.00. The Morgan fingerprint density at radius 1 is 1.44 bits per heavy atom. The maximum atomic E-state index is 11.1. The first kappa shape index (κ1) is 14.5. The van der Waals surface area contributed by atoms with Crippen molar-refractivity contribution in [3.63, 3.8) is 0 Å². The molecule has 0 bridgehead atoms. The molecule has 1 aromatic rings. The summed E-state index contributed by atoms with van der Waals surface area (Å²) in [5.41, 5.74) is 2.58. The maximum absolute atomic E-state index is 11.1. The fraction of sp³-hybridized carbons (Fsp3) is 0.182. The summed E-state index contributed by atoms with van der Waals surface area (Å²) in [4.78, 5) is 22.1. The van der Waals surface area contributed by atoms with Gasteiger partial charge >= 0.3 is 11.9 Å². The molecule has 1 amide bonds. The number of amides is 1. The molecule has 0 saturated heterocycles. The number of carbonyl (C=O) groups is 2. The van der Waals surface area contributed by atoms with Gasteiger partial charge in [0.15, 0.2) is 0 Å². The van der Waals surface area contributed by atoms with Gasteiger partial charge in [-0.05, 0) is 19.1 Å². The topological polar surface area (TPSA) is 67.8 Å². The number of nitrogens with one attached hydrogen (secondary N) is 1. The van der Waals surface area contributed by atoms with Crippen molar-refractivity contribution in [3.8, 4) is 0 Å². The minimum atomic E-state index is -0.989. The zero-order chi connectivity index (χ0) is 13.5. The van der Waals surface area contributed by atoms with Crippen LogP contribution in [0.25, 0.3) is 0 Å². The summed E-state index contributed by atoms with van der Waals surface area (Å²) in [6, 6.07) is 4.80. The Labute approximate surface area is 114 Å². The molecule has 1 aromatic carbocycles. The highest BCUT2D eigenvalue weighted by Crippen LogP contribution is 2.19. The minimum absolute atomic E-state index is 0.124. The third kappa shape index (κ3) is 4.35. The Morgan fingerprint density at radius 3 is 2.78 bits per heavy atom. The van der Waals surface area contributed by atoms with Crippen LogP contribution in [0.5, 0.6) is 0 Å². The Morgan fingerprint density at radius 2 is 2.17 bits per heavy atom. The van der Waals surface area contributed by atoms with Crippen LogP contribution in [0.4, 0.5) is 0 Å². The van der Waals surface area contributed by atoms with Crippen molar-refractivity contribution >= 4 is 41.3 Å². The third-order valence-corrected chi connectivity index (χ3v) is 2.36. The molecule has 7 heteroatoms. The van der Waals surface area contributed by atoms with Crippen LogP contribution >= 0.6 is 23.2 Å². The highest BCUT2D eigenvalue weighted by molar-refractivity contribution is 6.36. The van der Waals surface area contributed by atoms with Crippen molar-refractivity contribution in [1.82, 2.24) is 5.43 Å². The van der Waals surface area contributed by atoms with E-state index in [1.165, 1.54) is 12.3 Å². The van der Waals surface area contributed by atoms with E-state index >= 15 is 0 Å². The van der Waals surface area contributed by atoms with Gasteiger partial charge < -0.3 is 4.74 Å². The number of carbonyl (C=O) groups excluding carboxylic acids is 2. The van der Waals surface area contributed by atoms with E-state index in [2.05, 4.69) is 9.84 Å². The molecule has 0 spiro atoms. The number of nitrogens with zero attached hydrogens (tertiary/aromatic N) is 1. The average molecular weight is 289 g/mol. The number of hydrogen-bond acceptors (Lipinski definition) is 4. The van der Waals surface area contributed by atoms with E-state index in [1.54, 1.807) is 19.1 Å². The Hall–Kier alpha value is -1.59. The van der Waals surface area contributed by atoms with Crippen LogP contribution in [0.1, 0.15) is 12.5 Å². The Kier molecular flexibility index (Phi) is 5.61. The van der Waals surface area contributed by atoms with E-state index in [0.29, 0.717) is 15.6 Å². The van der Waals surface area contributed by atoms with Crippen molar-refractivity contribution in [1.29, 1.82) is 0 Å². The molecule has 0 aliphatic rings. The second-order valence-corrected chi connectivity index (χ2v) is 3.93. The van der Waals surface area contributed by atoms with Crippen LogP contribution in [-0.4, -0.2) is 24.7 Å². The van der Waals surface area contributed by atoms with Gasteiger partial charge in [0, 0.05) is 10.6 Å². The molecule has 1 rings (SSSR count). The average Bonchev–Trinajstić information content (AvgIpc) is 2.32. The van der Waals surface area contributed by atoms with Crippen LogP contribution in [0.15, 0.2) is 23.3 Å². The second-order valence-electron chi connectivity index (χ2n) is 3.09. The standard InChI is InChI=1S/C11H10Cl2N2O3/c1-2-18-11(17)10(16)15-14-6-7-3-4-8(12)5-9(7)13/h3-6H,2H2,1H3,(H,15,16)/b14-6+. The highest BCUT2D eigenvalue weighted by Gasteiger charge is 2.12. The predicted octanol–water partition coefficient (Wildman–Crippen LogP) is 2.01. The predicted molar refractivity (Wildman–Crippen MR) is 68.8 cm³/mol. The maximum Gasteiger partial charge on any atom is 0.398 e. The first-order chi connectivity index (χ1) is 8.54. The van der Waals surface area contributed by atoms with Gasteiger partial charge in [0.2, 0.25) is 0 Å². The molecule has 0 radical (unpaired) electrons. The fourth-order valence-electron chi connectivity index (χ4n) is 1.01. The van der Waals surface area contributed by atoms with E-state index in [9.17, 15) is 9.59 Å². The molecule has 0 atom stereocenters. The van der Waals surface area contributed by atoms with Crippen molar-refractivity contribution < 1.29 is 14.3 Å². The summed E-state index contributed by atoms with van der Waals surface area (Å²) < 4.78 is 4.48. The molecule has 0 unspecified atom stereocenters. The largest absolute Gasteiger partial charge is 0.459 e. The lowest BCUT2D eigenvalue weighted by Crippen LogP contribution is -2.28. The summed E-state index contributed by atoms with van der Waals surface area (Å²) in [5.74, 6) is -1.94. The molecule has 96 valence electrons. The number of esters is 1. The number of hydrogen-bond donors (Lipinski definition) is 1. The van der Waals surface area contributed by atoms with Gasteiger partial charge in [0.05, 0.1) is 17.8 Å². The van der Waals surface area contributed by atoms with Crippen molar-refractivity contribution in [2.24, 2.45) is 5.10 Å². The first-order valence-corrected chi connectivity index (χ1v) is 5.75. The monoisotopic (exact) mass is 288 g/mol. The second kappa shape index (κ2) is 6.98. The highest BCUT2D eigenvalue weighted by atomic mass is 35.5. The van der Waals surface area contributed by atoms with Crippen LogP contribution < -0.4 is 5.43 Å². The number of hydrazone groups is 1. The Balaban J connectivity index is 2.60. The Bertz CT molecular complexity index is 489. The van der Waals surface area contributed by atoms with E-state index < -0.39 is 11.9 Å². The zero-order valence-corrected chi connectivity index (χ0v) is 11.0. The molecule has 0 aliphatic carbocycles. The van der Waals surface area contributed by atoms with Gasteiger partial charge in [0.25, 0.3) is 0 Å². The van der Waals surface area contributed by atoms with Gasteiger partial charge in [0.1, 0.15) is 0 Å². The van der Waals surface area contributed by atoms with Crippen molar-refractivity contribution in [2.45, 2.75) is 6.92 Å². The van der Waals surface area contributed by atoms with Gasteiger partial charge in [-0.1, -0.05) is 29.3 Å². The summed E-state index contributed by atoms with van der Waals surface area (Å²) >= 11 is 11.6. The first-order valence-electron chi connectivity index (χ1n) is 4.99. The van der Waals surface area contributed by atoms with Crippen LogP contribution in [-0.2, 0) is 14.3 Å². The molecule has 0 aromatic heterocycles. The van der Waals surface area contributed by atoms with Gasteiger partial charge in [-0.3, -0.25) is 4.79 Å². The van der Waals surface area contributed by atoms with Gasteiger partial charge in [-0.15, -0.1) is 0 Å². The molecule has 1 N–H and O–H groups in total. The molecule has 0 aliphatic heterocycles. The quantitative estimate of drug-likeness (QED) is 0.400. The van der Waals surface area contributed by atoms with Crippen molar-refractivity contribution in [3.05, 3.63) is 33.8 Å². The molecule has 0 saturated carbocycles. The van der Waals surface area contributed by atoms with E-state index in [1.807, 2.05) is 5.43 Å². The number of rotatable bonds is 3. The van der Waals surface area contributed by atoms with E-state index in [0.717, 1.165) is 0 Å². The van der Waals surface area contributed by atoms with Crippen molar-refractivity contribution in [2.75, 3.05) is 6.61 Å². The van der Waals surface area contributed by atoms with Crippen LogP contribution in [0, 0.1) is 0 Å². The lowest BCUT2D eigenvalue weighted by molar-refractivity contribution is -0.154. The van der Waals surface area contributed by atoms with Crippen LogP contribution in [0.2, 0.25) is 10.0 Å². The zero-order valence-electron chi connectivity index (χ0n) is 9.44. The normalized spacial score (nSPS) is 10.4. The number of ether oxygens (including phenoxy) is 1. The number of benzene rings is 1. The summed E-state index contributed by atoms with van der Waals surface area (Å²) in [7, 11) is 0. The molecule has 0 heterocycles. The lowest BCUT2D eigenvalue weighted by atomic mass is 10.2. The van der Waals surface area contributed by atoms with E-state index in [-0.39, 0.29) is 6.61 Å². The van der Waals surface area contributed by atoms with Gasteiger partial charge in [-0.2, -0.15) is 5.10 Å². The minimum Gasteiger partial charge on any atom is -0.459 e. The smallest absolute Gasteiger partial charge is 0.398 e. The molecular formula is C11H10Cl2N2O3. The molecule has 18 heavy (non-hydrogen) atoms. The van der Waals surface area contributed by atoms with Crippen LogP contribution in [0.3, 0.4) is 0 Å². The summed E-state index contributed by atoms with van der Waals surface area (Å²) in [6.07, 6.45) is 1.30. The number of halogens is 2.